The highest BCUT2D eigenvalue weighted by Crippen LogP contribution is 2.40. The lowest BCUT2D eigenvalue weighted by molar-refractivity contribution is -0.120. The van der Waals surface area contributed by atoms with Crippen molar-refractivity contribution in [1.29, 1.82) is 0 Å². The number of likely N-dealkylation sites (N-methyl/N-ethyl adjacent to an activating group) is 1. The molecule has 2 amide bonds. The molecule has 0 atom stereocenters. The lowest BCUT2D eigenvalue weighted by Gasteiger charge is -2.21. The molecule has 1 aliphatic heterocycles. The third kappa shape index (κ3) is 4.31. The molecule has 0 aliphatic carbocycles. The van der Waals surface area contributed by atoms with Gasteiger partial charge in [0, 0.05) is 22.7 Å². The summed E-state index contributed by atoms with van der Waals surface area (Å²) in [6.07, 6.45) is 0. The predicted molar refractivity (Wildman–Crippen MR) is 132 cm³/mol. The van der Waals surface area contributed by atoms with E-state index in [-0.39, 0.29) is 11.8 Å². The zero-order valence-electron chi connectivity index (χ0n) is 18.1. The smallest absolute Gasteiger partial charge is 0.283 e. The van der Waals surface area contributed by atoms with E-state index in [0.29, 0.717) is 27.2 Å². The molecule has 1 aliphatic rings. The van der Waals surface area contributed by atoms with Gasteiger partial charge < -0.3 is 4.90 Å². The average Bonchev–Trinajstić information content (AvgIpc) is 3.04. The van der Waals surface area contributed by atoms with E-state index in [1.807, 2.05) is 73.8 Å². The minimum atomic E-state index is -0.338. The Morgan fingerprint density at radius 3 is 2.06 bits per heavy atom. The van der Waals surface area contributed by atoms with Crippen LogP contribution in [0.15, 0.2) is 94.4 Å². The third-order valence-electron chi connectivity index (χ3n) is 5.35. The minimum Gasteiger partial charge on any atom is -0.339 e. The Morgan fingerprint density at radius 2 is 1.47 bits per heavy atom. The summed E-state index contributed by atoms with van der Waals surface area (Å²) >= 11 is 7.30. The molecular formula is C26H23ClN2O2S. The van der Waals surface area contributed by atoms with Crippen LogP contribution in [-0.2, 0) is 9.59 Å². The molecule has 1 heterocycles. The highest BCUT2D eigenvalue weighted by atomic mass is 35.5. The molecule has 0 bridgehead atoms. The third-order valence-corrected chi connectivity index (χ3v) is 6.68. The molecule has 162 valence electrons. The zero-order chi connectivity index (χ0) is 22.8. The maximum absolute atomic E-state index is 13.6. The van der Waals surface area contributed by atoms with Crippen molar-refractivity contribution in [2.45, 2.75) is 24.7 Å². The number of para-hydroxylation sites is 1. The summed E-state index contributed by atoms with van der Waals surface area (Å²) < 4.78 is 0. The largest absolute Gasteiger partial charge is 0.339 e. The highest BCUT2D eigenvalue weighted by molar-refractivity contribution is 8.04. The van der Waals surface area contributed by atoms with Crippen LogP contribution < -0.4 is 9.80 Å². The van der Waals surface area contributed by atoms with E-state index >= 15 is 0 Å². The second-order valence-electron chi connectivity index (χ2n) is 7.82. The Kier molecular flexibility index (Phi) is 6.40. The number of carbonyl (C=O) groups is 2. The molecule has 0 N–H and O–H groups in total. The molecule has 0 fully saturated rings. The normalized spacial score (nSPS) is 14.0. The summed E-state index contributed by atoms with van der Waals surface area (Å²) in [5.74, 6) is -0.303. The van der Waals surface area contributed by atoms with Crippen LogP contribution in [0.3, 0.4) is 0 Å². The summed E-state index contributed by atoms with van der Waals surface area (Å²) in [6, 6.07) is 24.4. The van der Waals surface area contributed by atoms with Crippen LogP contribution in [0, 0.1) is 0 Å². The van der Waals surface area contributed by atoms with Gasteiger partial charge in [-0.3, -0.25) is 9.59 Å². The lowest BCUT2D eigenvalue weighted by Crippen LogP contribution is -2.34. The van der Waals surface area contributed by atoms with Crippen LogP contribution >= 0.6 is 23.4 Å². The van der Waals surface area contributed by atoms with Gasteiger partial charge >= 0.3 is 0 Å². The number of rotatable bonds is 6. The number of hydrogen-bond donors (Lipinski definition) is 0. The molecule has 4 rings (SSSR count). The first-order valence-corrected chi connectivity index (χ1v) is 11.5. The number of imide groups is 1. The van der Waals surface area contributed by atoms with Gasteiger partial charge in [0.1, 0.15) is 10.6 Å². The van der Waals surface area contributed by atoms with Gasteiger partial charge in [0.2, 0.25) is 0 Å². The molecule has 32 heavy (non-hydrogen) atoms. The second-order valence-corrected chi connectivity index (χ2v) is 9.34. The SMILES string of the molecule is CC(C)c1ccc(N2C(=O)C(Sc3ccc(Cl)cc3)=C(N(C)c3ccccc3)C2=O)cc1. The second kappa shape index (κ2) is 9.23. The predicted octanol–water partition coefficient (Wildman–Crippen LogP) is 6.48. The van der Waals surface area contributed by atoms with Gasteiger partial charge in [0.15, 0.2) is 0 Å². The molecule has 0 unspecified atom stereocenters. The fourth-order valence-corrected chi connectivity index (χ4v) is 4.66. The fourth-order valence-electron chi connectivity index (χ4n) is 3.53. The number of nitrogens with zero attached hydrogens (tertiary/aromatic N) is 2. The number of anilines is 2. The van der Waals surface area contributed by atoms with E-state index in [2.05, 4.69) is 13.8 Å². The monoisotopic (exact) mass is 462 g/mol. The van der Waals surface area contributed by atoms with Gasteiger partial charge in [-0.2, -0.15) is 0 Å². The van der Waals surface area contributed by atoms with Gasteiger partial charge in [-0.1, -0.05) is 67.5 Å². The van der Waals surface area contributed by atoms with E-state index < -0.39 is 0 Å². The molecule has 0 saturated heterocycles. The van der Waals surface area contributed by atoms with Gasteiger partial charge in [-0.15, -0.1) is 0 Å². The standard InChI is InChI=1S/C26H23ClN2O2S/c1-17(2)18-9-13-21(14-10-18)29-25(30)23(28(3)20-7-5-4-6-8-20)24(26(29)31)32-22-15-11-19(27)12-16-22/h4-17H,1-3H3. The fraction of sp³-hybridized carbons (Fsp3) is 0.154. The maximum Gasteiger partial charge on any atom is 0.283 e. The van der Waals surface area contributed by atoms with E-state index in [0.717, 1.165) is 16.1 Å². The molecule has 0 aromatic heterocycles. The summed E-state index contributed by atoms with van der Waals surface area (Å²) in [4.78, 5) is 31.4. The molecule has 3 aromatic rings. The molecule has 0 spiro atoms. The first-order chi connectivity index (χ1) is 15.4. The lowest BCUT2D eigenvalue weighted by atomic mass is 10.0. The molecule has 0 saturated carbocycles. The molecular weight excluding hydrogens is 440 g/mol. The topological polar surface area (TPSA) is 40.6 Å². The first-order valence-electron chi connectivity index (χ1n) is 10.3. The average molecular weight is 463 g/mol. The van der Waals surface area contributed by atoms with Crippen LogP contribution in [0.1, 0.15) is 25.3 Å². The maximum atomic E-state index is 13.6. The van der Waals surface area contributed by atoms with Crippen molar-refractivity contribution in [2.24, 2.45) is 0 Å². The van der Waals surface area contributed by atoms with Crippen molar-refractivity contribution in [3.63, 3.8) is 0 Å². The molecule has 6 heteroatoms. The van der Waals surface area contributed by atoms with Crippen LogP contribution in [0.2, 0.25) is 5.02 Å². The van der Waals surface area contributed by atoms with Crippen LogP contribution in [0.25, 0.3) is 0 Å². The Hall–Kier alpha value is -3.02. The van der Waals surface area contributed by atoms with Crippen LogP contribution in [-0.4, -0.2) is 18.9 Å². The van der Waals surface area contributed by atoms with Gasteiger partial charge in [0.25, 0.3) is 11.8 Å². The summed E-state index contributed by atoms with van der Waals surface area (Å²) in [6.45, 7) is 4.22. The number of hydrogen-bond acceptors (Lipinski definition) is 4. The molecule has 4 nitrogen and oxygen atoms in total. The van der Waals surface area contributed by atoms with Crippen molar-refractivity contribution in [1.82, 2.24) is 0 Å². The Bertz CT molecular complexity index is 1170. The van der Waals surface area contributed by atoms with Gasteiger partial charge in [-0.25, -0.2) is 4.90 Å². The number of benzene rings is 3. The molecule has 0 radical (unpaired) electrons. The van der Waals surface area contributed by atoms with E-state index in [1.54, 1.807) is 17.0 Å². The molecule has 3 aromatic carbocycles. The zero-order valence-corrected chi connectivity index (χ0v) is 19.7. The number of halogens is 1. The summed E-state index contributed by atoms with van der Waals surface area (Å²) in [7, 11) is 1.81. The Labute approximate surface area is 197 Å². The van der Waals surface area contributed by atoms with Crippen molar-refractivity contribution >= 4 is 46.6 Å². The van der Waals surface area contributed by atoms with Crippen molar-refractivity contribution in [3.05, 3.63) is 100 Å². The number of carbonyl (C=O) groups excluding carboxylic acids is 2. The van der Waals surface area contributed by atoms with E-state index in [4.69, 9.17) is 11.6 Å². The number of thioether (sulfide) groups is 1. The summed E-state index contributed by atoms with van der Waals surface area (Å²) in [5.41, 5.74) is 2.90. The van der Waals surface area contributed by atoms with Crippen molar-refractivity contribution in [2.75, 3.05) is 16.8 Å². The Balaban J connectivity index is 1.76. The van der Waals surface area contributed by atoms with E-state index in [1.165, 1.54) is 16.7 Å². The quantitative estimate of drug-likeness (QED) is 0.393. The first kappa shape index (κ1) is 22.2. The van der Waals surface area contributed by atoms with Gasteiger partial charge in [0.05, 0.1) is 5.69 Å². The van der Waals surface area contributed by atoms with Crippen LogP contribution in [0.4, 0.5) is 11.4 Å². The minimum absolute atomic E-state index is 0.329. The van der Waals surface area contributed by atoms with Crippen molar-refractivity contribution < 1.29 is 9.59 Å². The van der Waals surface area contributed by atoms with Crippen molar-refractivity contribution in [3.8, 4) is 0 Å². The van der Waals surface area contributed by atoms with E-state index in [9.17, 15) is 9.59 Å². The van der Waals surface area contributed by atoms with Gasteiger partial charge in [-0.05, 0) is 60.0 Å². The Morgan fingerprint density at radius 1 is 0.844 bits per heavy atom. The summed E-state index contributed by atoms with van der Waals surface area (Å²) in [5, 5.41) is 0.616. The van der Waals surface area contributed by atoms with Crippen LogP contribution in [0.5, 0.6) is 0 Å². The highest BCUT2D eigenvalue weighted by Gasteiger charge is 2.42. The number of amides is 2.